The van der Waals surface area contributed by atoms with Gasteiger partial charge in [0.25, 0.3) is 5.91 Å². The summed E-state index contributed by atoms with van der Waals surface area (Å²) in [7, 11) is 0. The number of hydrogen-bond acceptors (Lipinski definition) is 6. The molecule has 1 saturated heterocycles. The number of carbonyl (C=O) groups excluding carboxylic acids is 1. The number of benzene rings is 3. The highest BCUT2D eigenvalue weighted by atomic mass is 32.2. The third-order valence-corrected chi connectivity index (χ3v) is 7.25. The monoisotopic (exact) mass is 547 g/mol. The summed E-state index contributed by atoms with van der Waals surface area (Å²) in [5, 5.41) is 9.13. The zero-order valence-electron chi connectivity index (χ0n) is 20.9. The number of rotatable bonds is 13. The Morgan fingerprint density at radius 3 is 2.08 bits per heavy atom. The average Bonchev–Trinajstić information content (AvgIpc) is 3.18. The minimum atomic E-state index is -1.11. The molecular weight excluding hydrogens is 518 g/mol. The van der Waals surface area contributed by atoms with E-state index in [0.717, 1.165) is 42.3 Å². The zero-order chi connectivity index (χ0) is 26.7. The molecule has 0 saturated carbocycles. The lowest BCUT2D eigenvalue weighted by molar-refractivity contribution is -0.140. The molecule has 0 aliphatic carbocycles. The Bertz CT molecular complexity index is 1290. The summed E-state index contributed by atoms with van der Waals surface area (Å²) in [6.07, 6.45) is 5.14. The third kappa shape index (κ3) is 7.69. The molecule has 1 N–H and O–H groups in total. The fourth-order valence-electron chi connectivity index (χ4n) is 4.03. The van der Waals surface area contributed by atoms with Crippen LogP contribution in [0.3, 0.4) is 0 Å². The molecule has 1 heterocycles. The van der Waals surface area contributed by atoms with Gasteiger partial charge in [0.05, 0.1) is 18.1 Å². The van der Waals surface area contributed by atoms with Crippen molar-refractivity contribution in [2.24, 2.45) is 0 Å². The first-order valence-electron chi connectivity index (χ1n) is 12.4. The minimum absolute atomic E-state index is 0.224. The summed E-state index contributed by atoms with van der Waals surface area (Å²) >= 11 is 6.33. The first-order chi connectivity index (χ1) is 18.5. The topological polar surface area (TPSA) is 76.1 Å². The number of carboxylic acid groups (broad SMARTS) is 1. The standard InChI is InChI=1S/C30H29NO5S2/c32-27(33)21-31-29(34)26(38-30(31)37)20-24-16-7-17-25(35-18-8-14-22-10-3-1-4-11-22)28(24)36-19-9-15-23-12-5-2-6-13-23/h1-7,10-13,16-17,20H,8-9,14-15,18-19,21H2,(H,32,33). The quantitative estimate of drug-likeness (QED) is 0.160. The van der Waals surface area contributed by atoms with Crippen molar-refractivity contribution >= 4 is 46.3 Å². The number of aliphatic carboxylic acids is 1. The number of aryl methyl sites for hydroxylation is 2. The Morgan fingerprint density at radius 1 is 0.868 bits per heavy atom. The Morgan fingerprint density at radius 2 is 1.47 bits per heavy atom. The molecule has 0 atom stereocenters. The molecule has 0 bridgehead atoms. The highest BCUT2D eigenvalue weighted by Crippen LogP contribution is 2.38. The van der Waals surface area contributed by atoms with Crippen LogP contribution in [-0.4, -0.2) is 46.0 Å². The van der Waals surface area contributed by atoms with Gasteiger partial charge in [-0.25, -0.2) is 0 Å². The predicted molar refractivity (Wildman–Crippen MR) is 154 cm³/mol. The number of ether oxygens (including phenoxy) is 2. The van der Waals surface area contributed by atoms with Gasteiger partial charge in [-0.1, -0.05) is 96.8 Å². The summed E-state index contributed by atoms with van der Waals surface area (Å²) in [5.74, 6) is -0.376. The Hall–Kier alpha value is -3.62. The number of thiocarbonyl (C=S) groups is 1. The molecule has 0 aromatic heterocycles. The van der Waals surface area contributed by atoms with E-state index in [1.54, 1.807) is 6.08 Å². The second-order valence-electron chi connectivity index (χ2n) is 8.71. The normalized spacial score (nSPS) is 14.2. The minimum Gasteiger partial charge on any atom is -0.490 e. The van der Waals surface area contributed by atoms with Crippen molar-refractivity contribution in [3.8, 4) is 11.5 Å². The van der Waals surface area contributed by atoms with Crippen molar-refractivity contribution in [1.29, 1.82) is 0 Å². The van der Waals surface area contributed by atoms with Crippen LogP contribution in [-0.2, 0) is 22.4 Å². The molecule has 3 aromatic rings. The van der Waals surface area contributed by atoms with Gasteiger partial charge in [0.15, 0.2) is 11.5 Å². The van der Waals surface area contributed by atoms with E-state index in [-0.39, 0.29) is 4.32 Å². The van der Waals surface area contributed by atoms with E-state index in [0.29, 0.717) is 35.2 Å². The van der Waals surface area contributed by atoms with Gasteiger partial charge in [0.2, 0.25) is 0 Å². The summed E-state index contributed by atoms with van der Waals surface area (Å²) in [6, 6.07) is 26.1. The first-order valence-corrected chi connectivity index (χ1v) is 13.7. The van der Waals surface area contributed by atoms with Crippen LogP contribution in [0, 0.1) is 0 Å². The summed E-state index contributed by atoms with van der Waals surface area (Å²) < 4.78 is 12.6. The van der Waals surface area contributed by atoms with Gasteiger partial charge < -0.3 is 14.6 Å². The number of hydrogen-bond donors (Lipinski definition) is 1. The maximum atomic E-state index is 12.8. The van der Waals surface area contributed by atoms with Crippen LogP contribution in [0.2, 0.25) is 0 Å². The van der Waals surface area contributed by atoms with Gasteiger partial charge in [0, 0.05) is 5.56 Å². The SMILES string of the molecule is O=C(O)CN1C(=O)C(=Cc2cccc(OCCCc3ccccc3)c2OCCCc2ccccc2)SC1=S. The molecule has 0 radical (unpaired) electrons. The van der Waals surface area contributed by atoms with Crippen molar-refractivity contribution in [2.45, 2.75) is 25.7 Å². The fraction of sp³-hybridized carbons (Fsp3) is 0.233. The summed E-state index contributed by atoms with van der Waals surface area (Å²) in [6.45, 7) is 0.523. The molecule has 0 unspecified atom stereocenters. The first kappa shape index (κ1) is 27.4. The molecule has 1 fully saturated rings. The van der Waals surface area contributed by atoms with Crippen LogP contribution in [0.5, 0.6) is 11.5 Å². The Kier molecular flexibility index (Phi) is 9.95. The molecule has 3 aromatic carbocycles. The van der Waals surface area contributed by atoms with E-state index < -0.39 is 18.4 Å². The van der Waals surface area contributed by atoms with Gasteiger partial charge in [-0.2, -0.15) is 0 Å². The molecular formula is C30H29NO5S2. The van der Waals surface area contributed by atoms with Gasteiger partial charge >= 0.3 is 5.97 Å². The van der Waals surface area contributed by atoms with E-state index >= 15 is 0 Å². The maximum absolute atomic E-state index is 12.8. The van der Waals surface area contributed by atoms with Gasteiger partial charge in [-0.15, -0.1) is 0 Å². The number of para-hydroxylation sites is 1. The highest BCUT2D eigenvalue weighted by Gasteiger charge is 2.33. The van der Waals surface area contributed by atoms with Crippen LogP contribution >= 0.6 is 24.0 Å². The Balaban J connectivity index is 1.48. The van der Waals surface area contributed by atoms with E-state index in [1.807, 2.05) is 54.6 Å². The lowest BCUT2D eigenvalue weighted by Crippen LogP contribution is -2.33. The lowest BCUT2D eigenvalue weighted by Gasteiger charge is -2.16. The number of carboxylic acids is 1. The van der Waals surface area contributed by atoms with E-state index in [9.17, 15) is 9.59 Å². The van der Waals surface area contributed by atoms with Crippen molar-refractivity contribution in [3.05, 3.63) is 100 Å². The molecule has 1 aliphatic heterocycles. The van der Waals surface area contributed by atoms with E-state index in [4.69, 9.17) is 26.8 Å². The second-order valence-corrected chi connectivity index (χ2v) is 10.4. The molecule has 38 heavy (non-hydrogen) atoms. The molecule has 4 rings (SSSR count). The van der Waals surface area contributed by atoms with Crippen LogP contribution in [0.4, 0.5) is 0 Å². The van der Waals surface area contributed by atoms with Crippen LogP contribution < -0.4 is 9.47 Å². The van der Waals surface area contributed by atoms with Crippen molar-refractivity contribution < 1.29 is 24.2 Å². The number of nitrogens with zero attached hydrogens (tertiary/aromatic N) is 1. The zero-order valence-corrected chi connectivity index (χ0v) is 22.5. The van der Waals surface area contributed by atoms with E-state index in [2.05, 4.69) is 24.3 Å². The largest absolute Gasteiger partial charge is 0.490 e. The van der Waals surface area contributed by atoms with Crippen molar-refractivity contribution in [1.82, 2.24) is 4.90 Å². The maximum Gasteiger partial charge on any atom is 0.323 e. The van der Waals surface area contributed by atoms with Crippen LogP contribution in [0.1, 0.15) is 29.5 Å². The van der Waals surface area contributed by atoms with Crippen LogP contribution in [0.15, 0.2) is 83.8 Å². The number of thioether (sulfide) groups is 1. The Labute approximate surface area is 232 Å². The average molecular weight is 548 g/mol. The third-order valence-electron chi connectivity index (χ3n) is 5.87. The predicted octanol–water partition coefficient (Wildman–Crippen LogP) is 6.00. The van der Waals surface area contributed by atoms with Gasteiger partial charge in [-0.3, -0.25) is 14.5 Å². The van der Waals surface area contributed by atoms with Gasteiger partial charge in [0.1, 0.15) is 10.9 Å². The molecule has 6 nitrogen and oxygen atoms in total. The van der Waals surface area contributed by atoms with E-state index in [1.165, 1.54) is 11.1 Å². The lowest BCUT2D eigenvalue weighted by atomic mass is 10.1. The molecule has 1 amide bonds. The molecule has 196 valence electrons. The summed E-state index contributed by atoms with van der Waals surface area (Å²) in [5.41, 5.74) is 3.18. The molecule has 0 spiro atoms. The summed E-state index contributed by atoms with van der Waals surface area (Å²) in [4.78, 5) is 25.4. The van der Waals surface area contributed by atoms with Crippen molar-refractivity contribution in [2.75, 3.05) is 19.8 Å². The number of amides is 1. The number of carbonyl (C=O) groups is 2. The molecule has 8 heteroatoms. The van der Waals surface area contributed by atoms with Gasteiger partial charge in [-0.05, 0) is 49.0 Å². The van der Waals surface area contributed by atoms with Crippen molar-refractivity contribution in [3.63, 3.8) is 0 Å². The highest BCUT2D eigenvalue weighted by molar-refractivity contribution is 8.26. The van der Waals surface area contributed by atoms with Crippen LogP contribution in [0.25, 0.3) is 6.08 Å². The molecule has 1 aliphatic rings. The second kappa shape index (κ2) is 13.8. The smallest absolute Gasteiger partial charge is 0.323 e. The fourth-order valence-corrected chi connectivity index (χ4v) is 5.27.